The molecule has 0 atom stereocenters. The lowest BCUT2D eigenvalue weighted by molar-refractivity contribution is 0.100. The third-order valence-electron chi connectivity index (χ3n) is 3.72. The summed E-state index contributed by atoms with van der Waals surface area (Å²) in [4.78, 5) is 16.6. The van der Waals surface area contributed by atoms with Crippen LogP contribution in [-0.2, 0) is 0 Å². The highest BCUT2D eigenvalue weighted by atomic mass is 35.5. The van der Waals surface area contributed by atoms with Crippen molar-refractivity contribution in [3.05, 3.63) is 58.9 Å². The molecule has 140 valence electrons. The summed E-state index contributed by atoms with van der Waals surface area (Å²) in [5.74, 6) is 0.233. The van der Waals surface area contributed by atoms with Gasteiger partial charge in [0.05, 0.1) is 5.52 Å². The molecule has 0 aliphatic carbocycles. The summed E-state index contributed by atoms with van der Waals surface area (Å²) in [5, 5.41) is 14.2. The number of nitrogens with one attached hydrogen (secondary N) is 3. The minimum absolute atomic E-state index is 0.256. The molecule has 3 rings (SSSR count). The van der Waals surface area contributed by atoms with Crippen LogP contribution >= 0.6 is 11.6 Å². The fourth-order valence-corrected chi connectivity index (χ4v) is 2.59. The second-order valence-electron chi connectivity index (χ2n) is 6.44. The standard InChI is InChI=1S/C19H19ClFN5O/c1-11(2)10-22-19(24-18(27)12-4-3-5-13(20)8-12)23-17-15-7-6-14(21)9-16(15)25-26-17/h3-9,11H,10H2,1-2H3,(H3,22,23,24,25,26,27). The molecule has 0 fully saturated rings. The molecule has 3 aromatic rings. The molecular weight excluding hydrogens is 369 g/mol. The van der Waals surface area contributed by atoms with E-state index < -0.39 is 5.91 Å². The van der Waals surface area contributed by atoms with Crippen molar-refractivity contribution in [3.8, 4) is 0 Å². The lowest BCUT2D eigenvalue weighted by Crippen LogP contribution is -2.34. The van der Waals surface area contributed by atoms with Crippen LogP contribution in [0.3, 0.4) is 0 Å². The van der Waals surface area contributed by atoms with Gasteiger partial charge in [0.2, 0.25) is 5.96 Å². The summed E-state index contributed by atoms with van der Waals surface area (Å²) in [7, 11) is 0. The first-order chi connectivity index (χ1) is 12.9. The maximum Gasteiger partial charge on any atom is 0.280 e. The highest BCUT2D eigenvalue weighted by Crippen LogP contribution is 2.21. The highest BCUT2D eigenvalue weighted by molar-refractivity contribution is 6.31. The average molecular weight is 388 g/mol. The SMILES string of the molecule is CC(C)CN/C(=N/C(=O)c1cccc(Cl)c1)Nc1n[nH]c2cc(F)ccc12. The maximum absolute atomic E-state index is 13.4. The van der Waals surface area contributed by atoms with Crippen LogP contribution < -0.4 is 10.6 Å². The molecule has 0 saturated carbocycles. The molecule has 0 bridgehead atoms. The Kier molecular flexibility index (Phi) is 5.71. The zero-order valence-electron chi connectivity index (χ0n) is 14.9. The third-order valence-corrected chi connectivity index (χ3v) is 3.96. The number of nitrogens with zero attached hydrogens (tertiary/aromatic N) is 2. The summed E-state index contributed by atoms with van der Waals surface area (Å²) >= 11 is 5.94. The number of carbonyl (C=O) groups is 1. The summed E-state index contributed by atoms with van der Waals surface area (Å²) in [6.07, 6.45) is 0. The first-order valence-electron chi connectivity index (χ1n) is 8.45. The molecular formula is C19H19ClFN5O. The fourth-order valence-electron chi connectivity index (χ4n) is 2.40. The van der Waals surface area contributed by atoms with Gasteiger partial charge in [-0.1, -0.05) is 31.5 Å². The smallest absolute Gasteiger partial charge is 0.280 e. The van der Waals surface area contributed by atoms with Gasteiger partial charge in [-0.3, -0.25) is 9.89 Å². The number of aromatic amines is 1. The first-order valence-corrected chi connectivity index (χ1v) is 8.83. The zero-order valence-corrected chi connectivity index (χ0v) is 15.6. The van der Waals surface area contributed by atoms with Crippen molar-refractivity contribution in [1.82, 2.24) is 15.5 Å². The van der Waals surface area contributed by atoms with E-state index in [4.69, 9.17) is 11.6 Å². The van der Waals surface area contributed by atoms with Crippen LogP contribution in [0, 0.1) is 11.7 Å². The van der Waals surface area contributed by atoms with Crippen molar-refractivity contribution >= 4 is 40.2 Å². The van der Waals surface area contributed by atoms with Crippen LogP contribution in [0.2, 0.25) is 5.02 Å². The number of hydrogen-bond donors (Lipinski definition) is 3. The van der Waals surface area contributed by atoms with E-state index in [0.717, 1.165) is 0 Å². The maximum atomic E-state index is 13.4. The lowest BCUT2D eigenvalue weighted by Gasteiger charge is -2.12. The Morgan fingerprint density at radius 3 is 2.85 bits per heavy atom. The minimum Gasteiger partial charge on any atom is -0.355 e. The van der Waals surface area contributed by atoms with Gasteiger partial charge in [0.1, 0.15) is 5.82 Å². The molecule has 0 aliphatic rings. The first kappa shape index (κ1) is 18.8. The number of fused-ring (bicyclic) bond motifs is 1. The number of aliphatic imine (C=N–C) groups is 1. The molecule has 0 unspecified atom stereocenters. The molecule has 2 aromatic carbocycles. The average Bonchev–Trinajstić information content (AvgIpc) is 3.01. The van der Waals surface area contributed by atoms with E-state index in [1.165, 1.54) is 12.1 Å². The Balaban J connectivity index is 1.89. The number of anilines is 1. The van der Waals surface area contributed by atoms with Gasteiger partial charge in [-0.25, -0.2) is 4.39 Å². The third kappa shape index (κ3) is 4.83. The van der Waals surface area contributed by atoms with E-state index in [0.29, 0.717) is 39.8 Å². The molecule has 0 aliphatic heterocycles. The number of halogens is 2. The molecule has 6 nitrogen and oxygen atoms in total. The fraction of sp³-hybridized carbons (Fsp3) is 0.211. The molecule has 3 N–H and O–H groups in total. The number of hydrogen-bond acceptors (Lipinski definition) is 2. The minimum atomic E-state index is -0.442. The van der Waals surface area contributed by atoms with E-state index in [1.807, 2.05) is 13.8 Å². The largest absolute Gasteiger partial charge is 0.355 e. The van der Waals surface area contributed by atoms with Gasteiger partial charge in [-0.2, -0.15) is 10.1 Å². The van der Waals surface area contributed by atoms with Crippen LogP contribution in [0.1, 0.15) is 24.2 Å². The summed E-state index contributed by atoms with van der Waals surface area (Å²) in [6.45, 7) is 4.68. The van der Waals surface area contributed by atoms with Crippen molar-refractivity contribution < 1.29 is 9.18 Å². The molecule has 1 aromatic heterocycles. The Morgan fingerprint density at radius 1 is 1.30 bits per heavy atom. The number of guanidine groups is 1. The van der Waals surface area contributed by atoms with Crippen molar-refractivity contribution in [3.63, 3.8) is 0 Å². The molecule has 8 heteroatoms. The molecule has 0 saturated heterocycles. The summed E-state index contributed by atoms with van der Waals surface area (Å²) in [6, 6.07) is 10.9. The molecule has 0 radical (unpaired) electrons. The normalized spacial score (nSPS) is 11.8. The van der Waals surface area contributed by atoms with Crippen molar-refractivity contribution in [1.29, 1.82) is 0 Å². The van der Waals surface area contributed by atoms with Gasteiger partial charge in [0.15, 0.2) is 5.82 Å². The van der Waals surface area contributed by atoms with Crippen molar-refractivity contribution in [2.75, 3.05) is 11.9 Å². The van der Waals surface area contributed by atoms with Gasteiger partial charge in [0.25, 0.3) is 5.91 Å². The zero-order chi connectivity index (χ0) is 19.4. The number of amides is 1. The Hall–Kier alpha value is -2.93. The van der Waals surface area contributed by atoms with Crippen LogP contribution in [0.25, 0.3) is 10.9 Å². The number of benzene rings is 2. The Bertz CT molecular complexity index is 999. The number of rotatable bonds is 4. The predicted molar refractivity (Wildman–Crippen MR) is 106 cm³/mol. The lowest BCUT2D eigenvalue weighted by atomic mass is 10.2. The number of carbonyl (C=O) groups excluding carboxylic acids is 1. The van der Waals surface area contributed by atoms with Crippen molar-refractivity contribution in [2.24, 2.45) is 10.9 Å². The topological polar surface area (TPSA) is 82.2 Å². The van der Waals surface area contributed by atoms with Gasteiger partial charge in [-0.05, 0) is 42.3 Å². The van der Waals surface area contributed by atoms with Gasteiger partial charge in [-0.15, -0.1) is 0 Å². The molecule has 1 amide bonds. The summed E-state index contributed by atoms with van der Waals surface area (Å²) < 4.78 is 13.4. The molecule has 1 heterocycles. The second-order valence-corrected chi connectivity index (χ2v) is 6.87. The van der Waals surface area contributed by atoms with Crippen LogP contribution in [-0.4, -0.2) is 28.6 Å². The van der Waals surface area contributed by atoms with Crippen LogP contribution in [0.4, 0.5) is 10.2 Å². The van der Waals surface area contributed by atoms with Crippen molar-refractivity contribution in [2.45, 2.75) is 13.8 Å². The van der Waals surface area contributed by atoms with Gasteiger partial charge >= 0.3 is 0 Å². The Morgan fingerprint density at radius 2 is 2.11 bits per heavy atom. The Labute approximate surface area is 160 Å². The summed E-state index contributed by atoms with van der Waals surface area (Å²) in [5.41, 5.74) is 0.920. The molecule has 27 heavy (non-hydrogen) atoms. The van der Waals surface area contributed by atoms with Crippen LogP contribution in [0.5, 0.6) is 0 Å². The van der Waals surface area contributed by atoms with E-state index in [-0.39, 0.29) is 11.8 Å². The quantitative estimate of drug-likeness (QED) is 0.462. The second kappa shape index (κ2) is 8.18. The van der Waals surface area contributed by atoms with E-state index in [9.17, 15) is 9.18 Å². The monoisotopic (exact) mass is 387 g/mol. The number of H-pyrrole nitrogens is 1. The van der Waals surface area contributed by atoms with Gasteiger partial charge < -0.3 is 10.6 Å². The highest BCUT2D eigenvalue weighted by Gasteiger charge is 2.12. The number of aromatic nitrogens is 2. The van der Waals surface area contributed by atoms with E-state index in [1.54, 1.807) is 30.3 Å². The van der Waals surface area contributed by atoms with E-state index >= 15 is 0 Å². The molecule has 0 spiro atoms. The van der Waals surface area contributed by atoms with E-state index in [2.05, 4.69) is 25.8 Å². The van der Waals surface area contributed by atoms with Gasteiger partial charge in [0, 0.05) is 22.5 Å². The van der Waals surface area contributed by atoms with Crippen LogP contribution in [0.15, 0.2) is 47.5 Å². The predicted octanol–water partition coefficient (Wildman–Crippen LogP) is 4.21.